The highest BCUT2D eigenvalue weighted by atomic mass is 19.1. The minimum absolute atomic E-state index is 0.436. The van der Waals surface area contributed by atoms with Gasteiger partial charge >= 0.3 is 0 Å². The first kappa shape index (κ1) is 8.88. The van der Waals surface area contributed by atoms with Crippen LogP contribution in [0.5, 0.6) is 0 Å². The highest BCUT2D eigenvalue weighted by Crippen LogP contribution is 2.20. The third kappa shape index (κ3) is 1.64. The molecule has 70 valence electrons. The Labute approximate surface area is 82.2 Å². The minimum Gasteiger partial charge on any atom is -0.219 e. The Morgan fingerprint density at radius 1 is 1.00 bits per heavy atom. The lowest BCUT2D eigenvalue weighted by Gasteiger charge is -2.03. The highest BCUT2D eigenvalue weighted by Gasteiger charge is 2.03. The lowest BCUT2D eigenvalue weighted by Crippen LogP contribution is -1.90. The molecule has 0 bridgehead atoms. The normalized spacial score (nSPS) is 10.1. The lowest BCUT2D eigenvalue weighted by atomic mass is 10.1. The number of benzene rings is 1. The van der Waals surface area contributed by atoms with Crippen LogP contribution >= 0.6 is 0 Å². The van der Waals surface area contributed by atoms with Crippen LogP contribution in [0.25, 0.3) is 11.3 Å². The molecule has 2 heteroatoms. The molecule has 0 saturated heterocycles. The lowest BCUT2D eigenvalue weighted by molar-refractivity contribution is 0.584. The smallest absolute Gasteiger partial charge is 0.213 e. The summed E-state index contributed by atoms with van der Waals surface area (Å²) >= 11 is 0. The van der Waals surface area contributed by atoms with Crippen molar-refractivity contribution in [2.24, 2.45) is 0 Å². The molecule has 2 rings (SSSR count). The Hall–Kier alpha value is -1.70. The topological polar surface area (TPSA) is 12.9 Å². The largest absolute Gasteiger partial charge is 0.219 e. The molecule has 0 saturated carbocycles. The van der Waals surface area contributed by atoms with E-state index in [4.69, 9.17) is 0 Å². The number of aromatic nitrogens is 1. The number of hydrogen-bond donors (Lipinski definition) is 0. The molecule has 0 aliphatic heterocycles. The van der Waals surface area contributed by atoms with Crippen molar-refractivity contribution in [1.29, 1.82) is 0 Å². The van der Waals surface area contributed by atoms with E-state index in [-0.39, 0.29) is 0 Å². The Balaban J connectivity index is 2.57. The number of hydrogen-bond acceptors (Lipinski definition) is 1. The fraction of sp³-hybridized carbons (Fsp3) is 0.0833. The van der Waals surface area contributed by atoms with E-state index in [9.17, 15) is 4.39 Å². The van der Waals surface area contributed by atoms with Gasteiger partial charge in [0.15, 0.2) is 0 Å². The van der Waals surface area contributed by atoms with Gasteiger partial charge < -0.3 is 0 Å². The fourth-order valence-electron chi connectivity index (χ4n) is 1.39. The van der Waals surface area contributed by atoms with Crippen LogP contribution in [0.2, 0.25) is 0 Å². The van der Waals surface area contributed by atoms with Gasteiger partial charge in [-0.2, -0.15) is 4.39 Å². The molecule has 0 unspecified atom stereocenters. The van der Waals surface area contributed by atoms with Crippen molar-refractivity contribution in [1.82, 2.24) is 4.98 Å². The van der Waals surface area contributed by atoms with Gasteiger partial charge in [0.25, 0.3) is 0 Å². The summed E-state index contributed by atoms with van der Waals surface area (Å²) in [5.74, 6) is -0.436. The van der Waals surface area contributed by atoms with Gasteiger partial charge in [-0.3, -0.25) is 0 Å². The molecule has 0 amide bonds. The Kier molecular flexibility index (Phi) is 2.27. The van der Waals surface area contributed by atoms with Gasteiger partial charge in [-0.05, 0) is 18.6 Å². The maximum Gasteiger partial charge on any atom is 0.213 e. The van der Waals surface area contributed by atoms with Gasteiger partial charge in [0.2, 0.25) is 5.95 Å². The predicted octanol–water partition coefficient (Wildman–Crippen LogP) is 3.20. The van der Waals surface area contributed by atoms with Crippen molar-refractivity contribution < 1.29 is 4.39 Å². The molecule has 1 aromatic carbocycles. The molecule has 0 aliphatic rings. The van der Waals surface area contributed by atoms with Crippen molar-refractivity contribution in [3.63, 3.8) is 0 Å². The van der Waals surface area contributed by atoms with Crippen LogP contribution < -0.4 is 0 Å². The van der Waals surface area contributed by atoms with Gasteiger partial charge in [0.05, 0.1) is 5.69 Å². The van der Waals surface area contributed by atoms with Crippen molar-refractivity contribution in [2.75, 3.05) is 0 Å². The molecule has 0 atom stereocenters. The molecule has 14 heavy (non-hydrogen) atoms. The van der Waals surface area contributed by atoms with Crippen molar-refractivity contribution in [3.8, 4) is 11.3 Å². The van der Waals surface area contributed by atoms with Gasteiger partial charge in [-0.1, -0.05) is 36.4 Å². The van der Waals surface area contributed by atoms with Crippen LogP contribution in [0.4, 0.5) is 4.39 Å². The second-order valence-corrected chi connectivity index (χ2v) is 3.17. The van der Waals surface area contributed by atoms with Crippen LogP contribution in [-0.4, -0.2) is 4.98 Å². The molecule has 1 nitrogen and oxygen atoms in total. The quantitative estimate of drug-likeness (QED) is 0.625. The van der Waals surface area contributed by atoms with E-state index >= 15 is 0 Å². The number of aryl methyl sites for hydroxylation is 1. The summed E-state index contributed by atoms with van der Waals surface area (Å²) in [4.78, 5) is 3.88. The number of nitrogens with zero attached hydrogens (tertiary/aromatic N) is 1. The molecular weight excluding hydrogens is 177 g/mol. The van der Waals surface area contributed by atoms with Crippen LogP contribution in [-0.2, 0) is 0 Å². The summed E-state index contributed by atoms with van der Waals surface area (Å²) in [6, 6.07) is 12.7. The van der Waals surface area contributed by atoms with Crippen molar-refractivity contribution in [3.05, 3.63) is 54.0 Å². The SMILES string of the molecule is Cc1ccc(F)nc1-c1ccccc1. The fourth-order valence-corrected chi connectivity index (χ4v) is 1.39. The summed E-state index contributed by atoms with van der Waals surface area (Å²) in [5, 5.41) is 0. The van der Waals surface area contributed by atoms with Gasteiger partial charge in [-0.25, -0.2) is 4.98 Å². The number of pyridine rings is 1. The van der Waals surface area contributed by atoms with E-state index in [2.05, 4.69) is 4.98 Å². The van der Waals surface area contributed by atoms with E-state index in [1.165, 1.54) is 6.07 Å². The maximum atomic E-state index is 12.9. The highest BCUT2D eigenvalue weighted by molar-refractivity contribution is 5.62. The minimum atomic E-state index is -0.436. The second kappa shape index (κ2) is 3.58. The predicted molar refractivity (Wildman–Crippen MR) is 54.4 cm³/mol. The first-order valence-electron chi connectivity index (χ1n) is 4.46. The summed E-state index contributed by atoms with van der Waals surface area (Å²) in [6.07, 6.45) is 0. The maximum absolute atomic E-state index is 12.9. The first-order chi connectivity index (χ1) is 6.77. The van der Waals surface area contributed by atoms with E-state index in [1.54, 1.807) is 6.07 Å². The molecule has 1 heterocycles. The average Bonchev–Trinajstić information content (AvgIpc) is 2.23. The zero-order valence-corrected chi connectivity index (χ0v) is 7.87. The first-order valence-corrected chi connectivity index (χ1v) is 4.46. The monoisotopic (exact) mass is 187 g/mol. The van der Waals surface area contributed by atoms with Crippen molar-refractivity contribution >= 4 is 0 Å². The Morgan fingerprint density at radius 2 is 1.71 bits per heavy atom. The van der Waals surface area contributed by atoms with E-state index in [0.29, 0.717) is 5.69 Å². The molecule has 0 N–H and O–H groups in total. The van der Waals surface area contributed by atoms with Crippen LogP contribution in [0.3, 0.4) is 0 Å². The molecule has 0 aliphatic carbocycles. The Bertz CT molecular complexity index is 437. The summed E-state index contributed by atoms with van der Waals surface area (Å²) in [7, 11) is 0. The molecule has 0 fully saturated rings. The third-order valence-electron chi connectivity index (χ3n) is 2.11. The molecule has 1 aromatic heterocycles. The van der Waals surface area contributed by atoms with Crippen LogP contribution in [0.15, 0.2) is 42.5 Å². The zero-order valence-electron chi connectivity index (χ0n) is 7.87. The average molecular weight is 187 g/mol. The van der Waals surface area contributed by atoms with E-state index in [0.717, 1.165) is 11.1 Å². The summed E-state index contributed by atoms with van der Waals surface area (Å²) in [5.41, 5.74) is 2.65. The third-order valence-corrected chi connectivity index (χ3v) is 2.11. The van der Waals surface area contributed by atoms with Gasteiger partial charge in [0, 0.05) is 5.56 Å². The number of rotatable bonds is 1. The molecular formula is C12H10FN. The van der Waals surface area contributed by atoms with E-state index in [1.807, 2.05) is 37.3 Å². The van der Waals surface area contributed by atoms with Gasteiger partial charge in [0.1, 0.15) is 0 Å². The van der Waals surface area contributed by atoms with E-state index < -0.39 is 5.95 Å². The van der Waals surface area contributed by atoms with Gasteiger partial charge in [-0.15, -0.1) is 0 Å². The number of halogens is 1. The summed E-state index contributed by atoms with van der Waals surface area (Å²) < 4.78 is 12.9. The van der Waals surface area contributed by atoms with Crippen LogP contribution in [0.1, 0.15) is 5.56 Å². The van der Waals surface area contributed by atoms with Crippen LogP contribution in [0, 0.1) is 12.9 Å². The summed E-state index contributed by atoms with van der Waals surface area (Å²) in [6.45, 7) is 1.93. The van der Waals surface area contributed by atoms with Crippen molar-refractivity contribution in [2.45, 2.75) is 6.92 Å². The second-order valence-electron chi connectivity index (χ2n) is 3.17. The Morgan fingerprint density at radius 3 is 2.43 bits per heavy atom. The molecule has 2 aromatic rings. The molecule has 0 radical (unpaired) electrons. The molecule has 0 spiro atoms. The zero-order chi connectivity index (χ0) is 9.97. The standard InChI is InChI=1S/C12H10FN/c1-9-7-8-11(13)14-12(9)10-5-3-2-4-6-10/h2-8H,1H3.